The third-order valence-electron chi connectivity index (χ3n) is 3.38. The molecule has 1 aliphatic heterocycles. The van der Waals surface area contributed by atoms with E-state index in [1.54, 1.807) is 6.07 Å². The van der Waals surface area contributed by atoms with Gasteiger partial charge in [-0.05, 0) is 49.9 Å². The molecule has 0 bridgehead atoms. The highest BCUT2D eigenvalue weighted by molar-refractivity contribution is 5.30. The molecule has 3 unspecified atom stereocenters. The van der Waals surface area contributed by atoms with E-state index in [9.17, 15) is 4.39 Å². The van der Waals surface area contributed by atoms with Crippen LogP contribution in [0.25, 0.3) is 0 Å². The minimum atomic E-state index is -0.220. The van der Waals surface area contributed by atoms with E-state index in [4.69, 9.17) is 10.6 Å². The fourth-order valence-corrected chi connectivity index (χ4v) is 2.46. The molecule has 1 saturated heterocycles. The molecule has 0 amide bonds. The standard InChI is InChI=1S/C13H19FN2O/c1-8-7-10(14)4-5-11(8)13(16-15)12-6-3-9(2)17-12/h4-5,7,9,12-13,16H,3,6,15H2,1-2H3. The molecule has 94 valence electrons. The van der Waals surface area contributed by atoms with Crippen LogP contribution >= 0.6 is 0 Å². The molecule has 17 heavy (non-hydrogen) atoms. The molecule has 1 heterocycles. The number of hydrazine groups is 1. The monoisotopic (exact) mass is 238 g/mol. The summed E-state index contributed by atoms with van der Waals surface area (Å²) in [6.45, 7) is 3.95. The Balaban J connectivity index is 2.23. The quantitative estimate of drug-likeness (QED) is 0.627. The topological polar surface area (TPSA) is 47.3 Å². The number of rotatable bonds is 3. The van der Waals surface area contributed by atoms with E-state index in [0.29, 0.717) is 0 Å². The molecule has 3 N–H and O–H groups in total. The van der Waals surface area contributed by atoms with Gasteiger partial charge in [0, 0.05) is 0 Å². The second kappa shape index (κ2) is 5.12. The van der Waals surface area contributed by atoms with Gasteiger partial charge in [0.2, 0.25) is 0 Å². The van der Waals surface area contributed by atoms with Gasteiger partial charge in [0.25, 0.3) is 0 Å². The van der Waals surface area contributed by atoms with Crippen LogP contribution in [0.15, 0.2) is 18.2 Å². The second-order valence-corrected chi connectivity index (χ2v) is 4.71. The zero-order valence-corrected chi connectivity index (χ0v) is 10.2. The summed E-state index contributed by atoms with van der Waals surface area (Å²) in [7, 11) is 0. The van der Waals surface area contributed by atoms with Crippen molar-refractivity contribution >= 4 is 0 Å². The fraction of sp³-hybridized carbons (Fsp3) is 0.538. The molecule has 1 aromatic rings. The van der Waals surface area contributed by atoms with Gasteiger partial charge >= 0.3 is 0 Å². The van der Waals surface area contributed by atoms with Gasteiger partial charge in [-0.3, -0.25) is 11.3 Å². The highest BCUT2D eigenvalue weighted by Crippen LogP contribution is 2.31. The van der Waals surface area contributed by atoms with Crippen LogP contribution in [0.5, 0.6) is 0 Å². The molecule has 0 spiro atoms. The minimum Gasteiger partial charge on any atom is -0.373 e. The zero-order valence-electron chi connectivity index (χ0n) is 10.2. The molecular weight excluding hydrogens is 219 g/mol. The first-order valence-corrected chi connectivity index (χ1v) is 5.99. The van der Waals surface area contributed by atoms with Gasteiger partial charge in [-0.15, -0.1) is 0 Å². The largest absolute Gasteiger partial charge is 0.373 e. The van der Waals surface area contributed by atoms with Crippen LogP contribution in [0, 0.1) is 12.7 Å². The Hall–Kier alpha value is -0.970. The van der Waals surface area contributed by atoms with Gasteiger partial charge in [-0.1, -0.05) is 6.07 Å². The lowest BCUT2D eigenvalue weighted by atomic mass is 9.96. The second-order valence-electron chi connectivity index (χ2n) is 4.71. The first-order chi connectivity index (χ1) is 8.11. The highest BCUT2D eigenvalue weighted by Gasteiger charge is 2.30. The van der Waals surface area contributed by atoms with Crippen LogP contribution < -0.4 is 11.3 Å². The van der Waals surface area contributed by atoms with E-state index in [-0.39, 0.29) is 24.1 Å². The molecular formula is C13H19FN2O. The first-order valence-electron chi connectivity index (χ1n) is 5.99. The number of nitrogens with one attached hydrogen (secondary N) is 1. The lowest BCUT2D eigenvalue weighted by Crippen LogP contribution is -2.37. The van der Waals surface area contributed by atoms with Crippen molar-refractivity contribution in [3.05, 3.63) is 35.1 Å². The third-order valence-corrected chi connectivity index (χ3v) is 3.38. The van der Waals surface area contributed by atoms with Gasteiger partial charge in [0.15, 0.2) is 0 Å². The molecule has 3 atom stereocenters. The number of aryl methyl sites for hydroxylation is 1. The van der Waals surface area contributed by atoms with Crippen molar-refractivity contribution in [3.8, 4) is 0 Å². The smallest absolute Gasteiger partial charge is 0.123 e. The molecule has 3 nitrogen and oxygen atoms in total. The van der Waals surface area contributed by atoms with Crippen molar-refractivity contribution < 1.29 is 9.13 Å². The lowest BCUT2D eigenvalue weighted by Gasteiger charge is -2.24. The maximum Gasteiger partial charge on any atom is 0.123 e. The van der Waals surface area contributed by atoms with Crippen LogP contribution in [-0.2, 0) is 4.74 Å². The number of nitrogens with two attached hydrogens (primary N) is 1. The van der Waals surface area contributed by atoms with E-state index in [1.807, 2.05) is 6.92 Å². The van der Waals surface area contributed by atoms with Crippen LogP contribution in [0.4, 0.5) is 4.39 Å². The summed E-state index contributed by atoms with van der Waals surface area (Å²) in [4.78, 5) is 0. The number of benzene rings is 1. The van der Waals surface area contributed by atoms with E-state index in [2.05, 4.69) is 12.3 Å². The number of ether oxygens (including phenoxy) is 1. The Kier molecular flexibility index (Phi) is 3.76. The number of hydrogen-bond acceptors (Lipinski definition) is 3. The molecule has 0 aromatic heterocycles. The Morgan fingerprint density at radius 1 is 1.47 bits per heavy atom. The maximum absolute atomic E-state index is 13.1. The summed E-state index contributed by atoms with van der Waals surface area (Å²) < 4.78 is 18.9. The van der Waals surface area contributed by atoms with E-state index in [1.165, 1.54) is 12.1 Å². The first kappa shape index (κ1) is 12.5. The van der Waals surface area contributed by atoms with Gasteiger partial charge in [0.05, 0.1) is 18.2 Å². The number of halogens is 1. The summed E-state index contributed by atoms with van der Waals surface area (Å²) >= 11 is 0. The molecule has 1 aromatic carbocycles. The van der Waals surface area contributed by atoms with Crippen molar-refractivity contribution in [2.75, 3.05) is 0 Å². The number of hydrogen-bond donors (Lipinski definition) is 2. The fourth-order valence-electron chi connectivity index (χ4n) is 2.46. The normalized spacial score (nSPS) is 26.1. The predicted octanol–water partition coefficient (Wildman–Crippen LogP) is 2.21. The lowest BCUT2D eigenvalue weighted by molar-refractivity contribution is 0.0314. The SMILES string of the molecule is Cc1cc(F)ccc1C(NN)C1CCC(C)O1. The van der Waals surface area contributed by atoms with Gasteiger partial charge in [-0.2, -0.15) is 0 Å². The average molecular weight is 238 g/mol. The maximum atomic E-state index is 13.1. The third kappa shape index (κ3) is 2.65. The van der Waals surface area contributed by atoms with Crippen molar-refractivity contribution in [2.24, 2.45) is 5.84 Å². The summed E-state index contributed by atoms with van der Waals surface area (Å²) in [5, 5.41) is 0. The molecule has 1 fully saturated rings. The van der Waals surface area contributed by atoms with Crippen molar-refractivity contribution in [1.82, 2.24) is 5.43 Å². The predicted molar refractivity (Wildman–Crippen MR) is 64.8 cm³/mol. The Morgan fingerprint density at radius 2 is 2.24 bits per heavy atom. The van der Waals surface area contributed by atoms with Gasteiger partial charge in [0.1, 0.15) is 5.82 Å². The average Bonchev–Trinajstić information content (AvgIpc) is 2.69. The van der Waals surface area contributed by atoms with E-state index < -0.39 is 0 Å². The van der Waals surface area contributed by atoms with Crippen LogP contribution in [0.1, 0.15) is 36.9 Å². The molecule has 1 aliphatic rings. The van der Waals surface area contributed by atoms with Crippen molar-refractivity contribution in [1.29, 1.82) is 0 Å². The van der Waals surface area contributed by atoms with E-state index in [0.717, 1.165) is 24.0 Å². The highest BCUT2D eigenvalue weighted by atomic mass is 19.1. The van der Waals surface area contributed by atoms with Crippen LogP contribution in [-0.4, -0.2) is 12.2 Å². The molecule has 2 rings (SSSR count). The molecule has 4 heteroatoms. The molecule has 0 aliphatic carbocycles. The van der Waals surface area contributed by atoms with Crippen LogP contribution in [0.3, 0.4) is 0 Å². The van der Waals surface area contributed by atoms with Crippen molar-refractivity contribution in [3.63, 3.8) is 0 Å². The summed E-state index contributed by atoms with van der Waals surface area (Å²) in [6.07, 6.45) is 2.37. The summed E-state index contributed by atoms with van der Waals surface area (Å²) in [6, 6.07) is 4.70. The summed E-state index contributed by atoms with van der Waals surface area (Å²) in [5.74, 6) is 5.39. The van der Waals surface area contributed by atoms with E-state index >= 15 is 0 Å². The van der Waals surface area contributed by atoms with Crippen molar-refractivity contribution in [2.45, 2.75) is 44.9 Å². The Morgan fingerprint density at radius 3 is 2.76 bits per heavy atom. The zero-order chi connectivity index (χ0) is 12.4. The van der Waals surface area contributed by atoms with Crippen LogP contribution in [0.2, 0.25) is 0 Å². The minimum absolute atomic E-state index is 0.0687. The molecule has 0 radical (unpaired) electrons. The Bertz CT molecular complexity index is 397. The molecule has 0 saturated carbocycles. The van der Waals surface area contributed by atoms with Gasteiger partial charge in [-0.25, -0.2) is 4.39 Å². The van der Waals surface area contributed by atoms with Gasteiger partial charge < -0.3 is 4.74 Å². The summed E-state index contributed by atoms with van der Waals surface area (Å²) in [5.41, 5.74) is 4.70. The Labute approximate surface area is 101 Å².